The van der Waals surface area contributed by atoms with E-state index in [0.29, 0.717) is 13.0 Å². The lowest BCUT2D eigenvalue weighted by atomic mass is 9.95. The maximum atomic E-state index is 12.5. The van der Waals surface area contributed by atoms with Crippen LogP contribution in [0.1, 0.15) is 52.4 Å². The van der Waals surface area contributed by atoms with Crippen molar-refractivity contribution in [3.05, 3.63) is 24.3 Å². The van der Waals surface area contributed by atoms with Crippen molar-refractivity contribution in [3.63, 3.8) is 0 Å². The van der Waals surface area contributed by atoms with Gasteiger partial charge in [-0.3, -0.25) is 9.59 Å². The van der Waals surface area contributed by atoms with Crippen molar-refractivity contribution in [3.8, 4) is 5.75 Å². The van der Waals surface area contributed by atoms with Gasteiger partial charge in [-0.25, -0.2) is 0 Å². The molecule has 136 valence electrons. The molecule has 5 nitrogen and oxygen atoms in total. The highest BCUT2D eigenvalue weighted by molar-refractivity contribution is 6.00. The van der Waals surface area contributed by atoms with E-state index in [2.05, 4.69) is 5.32 Å². The lowest BCUT2D eigenvalue weighted by Crippen LogP contribution is -2.40. The van der Waals surface area contributed by atoms with Gasteiger partial charge in [0.25, 0.3) is 0 Å². The number of hydrogen-bond acceptors (Lipinski definition) is 3. The Bertz CT molecular complexity index is 606. The summed E-state index contributed by atoms with van der Waals surface area (Å²) in [6.45, 7) is 4.42. The first kappa shape index (κ1) is 17.8. The van der Waals surface area contributed by atoms with Crippen molar-refractivity contribution in [1.82, 2.24) is 5.32 Å². The fraction of sp³-hybridized carbons (Fsp3) is 0.600. The fourth-order valence-corrected chi connectivity index (χ4v) is 3.68. The molecule has 0 aromatic heterocycles. The first-order valence-electron chi connectivity index (χ1n) is 9.40. The number of ether oxygens (including phenoxy) is 1. The highest BCUT2D eigenvalue weighted by atomic mass is 16.5. The van der Waals surface area contributed by atoms with Crippen LogP contribution in [0.3, 0.4) is 0 Å². The number of amides is 2. The van der Waals surface area contributed by atoms with E-state index in [1.54, 1.807) is 4.90 Å². The standard InChI is InChI=1S/C20H28N2O3/c1-14(2)25-18-10-8-17(9-11-18)22-13-15(12-19(22)23)20(24)21-16-6-4-3-5-7-16/h8-11,14-16H,3-7,12-13H2,1-2H3,(H,21,24)/t15-/m1/s1. The van der Waals surface area contributed by atoms with Gasteiger partial charge in [0.2, 0.25) is 11.8 Å². The van der Waals surface area contributed by atoms with Crippen LogP contribution in [0.15, 0.2) is 24.3 Å². The van der Waals surface area contributed by atoms with Gasteiger partial charge in [-0.05, 0) is 51.0 Å². The molecule has 2 aliphatic rings. The molecule has 2 amide bonds. The highest BCUT2D eigenvalue weighted by Gasteiger charge is 2.35. The Labute approximate surface area is 149 Å². The second-order valence-electron chi connectivity index (χ2n) is 7.41. The zero-order chi connectivity index (χ0) is 17.8. The molecule has 25 heavy (non-hydrogen) atoms. The Hall–Kier alpha value is -2.04. The molecule has 0 radical (unpaired) electrons. The van der Waals surface area contributed by atoms with Gasteiger partial charge in [-0.2, -0.15) is 0 Å². The number of anilines is 1. The number of rotatable bonds is 5. The number of benzene rings is 1. The molecular formula is C20H28N2O3. The first-order chi connectivity index (χ1) is 12.0. The molecule has 1 aliphatic carbocycles. The summed E-state index contributed by atoms with van der Waals surface area (Å²) in [4.78, 5) is 26.6. The molecule has 0 spiro atoms. The minimum absolute atomic E-state index is 0.0151. The minimum atomic E-state index is -0.249. The zero-order valence-electron chi connectivity index (χ0n) is 15.2. The van der Waals surface area contributed by atoms with Crippen LogP contribution in [-0.4, -0.2) is 30.5 Å². The minimum Gasteiger partial charge on any atom is -0.491 e. The molecule has 2 fully saturated rings. The Morgan fingerprint density at radius 3 is 2.48 bits per heavy atom. The molecule has 1 saturated carbocycles. The van der Waals surface area contributed by atoms with Gasteiger partial charge >= 0.3 is 0 Å². The summed E-state index contributed by atoms with van der Waals surface area (Å²) >= 11 is 0. The second-order valence-corrected chi connectivity index (χ2v) is 7.41. The summed E-state index contributed by atoms with van der Waals surface area (Å²) in [7, 11) is 0. The summed E-state index contributed by atoms with van der Waals surface area (Å²) in [6, 6.07) is 7.81. The van der Waals surface area contributed by atoms with Gasteiger partial charge in [-0.1, -0.05) is 19.3 Å². The molecule has 1 saturated heterocycles. The van der Waals surface area contributed by atoms with Crippen LogP contribution >= 0.6 is 0 Å². The summed E-state index contributed by atoms with van der Waals surface area (Å²) in [6.07, 6.45) is 6.17. The maximum Gasteiger partial charge on any atom is 0.227 e. The van der Waals surface area contributed by atoms with Crippen LogP contribution in [0.4, 0.5) is 5.69 Å². The monoisotopic (exact) mass is 344 g/mol. The van der Waals surface area contributed by atoms with Gasteiger partial charge in [0.1, 0.15) is 5.75 Å². The lowest BCUT2D eigenvalue weighted by Gasteiger charge is -2.24. The smallest absolute Gasteiger partial charge is 0.227 e. The van der Waals surface area contributed by atoms with E-state index >= 15 is 0 Å². The Morgan fingerprint density at radius 1 is 1.16 bits per heavy atom. The van der Waals surface area contributed by atoms with E-state index < -0.39 is 0 Å². The Morgan fingerprint density at radius 2 is 1.84 bits per heavy atom. The third-order valence-electron chi connectivity index (χ3n) is 4.97. The number of nitrogens with one attached hydrogen (secondary N) is 1. The van der Waals surface area contributed by atoms with Gasteiger partial charge < -0.3 is 15.0 Å². The topological polar surface area (TPSA) is 58.6 Å². The van der Waals surface area contributed by atoms with Crippen molar-refractivity contribution in [1.29, 1.82) is 0 Å². The molecular weight excluding hydrogens is 316 g/mol. The number of carbonyl (C=O) groups is 2. The highest BCUT2D eigenvalue weighted by Crippen LogP contribution is 2.28. The quantitative estimate of drug-likeness (QED) is 0.892. The van der Waals surface area contributed by atoms with Gasteiger partial charge in [0, 0.05) is 24.7 Å². The Kier molecular flexibility index (Phi) is 5.61. The predicted molar refractivity (Wildman–Crippen MR) is 97.7 cm³/mol. The normalized spacial score (nSPS) is 21.6. The van der Waals surface area contributed by atoms with Gasteiger partial charge in [0.15, 0.2) is 0 Å². The van der Waals surface area contributed by atoms with E-state index in [9.17, 15) is 9.59 Å². The third kappa shape index (κ3) is 4.53. The van der Waals surface area contributed by atoms with Crippen LogP contribution < -0.4 is 15.0 Å². The van der Waals surface area contributed by atoms with E-state index in [1.807, 2.05) is 38.1 Å². The van der Waals surface area contributed by atoms with Crippen LogP contribution in [0.5, 0.6) is 5.75 Å². The molecule has 1 atom stereocenters. The fourth-order valence-electron chi connectivity index (χ4n) is 3.68. The molecule has 0 bridgehead atoms. The summed E-state index contributed by atoms with van der Waals surface area (Å²) in [5.74, 6) is 0.585. The van der Waals surface area contributed by atoms with Crippen LogP contribution in [-0.2, 0) is 9.59 Å². The van der Waals surface area contributed by atoms with Crippen LogP contribution in [0, 0.1) is 5.92 Å². The molecule has 1 heterocycles. The number of nitrogens with zero attached hydrogens (tertiary/aromatic N) is 1. The lowest BCUT2D eigenvalue weighted by molar-refractivity contribution is -0.127. The number of hydrogen-bond donors (Lipinski definition) is 1. The van der Waals surface area contributed by atoms with Crippen molar-refractivity contribution in [2.75, 3.05) is 11.4 Å². The summed E-state index contributed by atoms with van der Waals surface area (Å²) < 4.78 is 5.64. The molecule has 5 heteroatoms. The SMILES string of the molecule is CC(C)Oc1ccc(N2C[C@H](C(=O)NC3CCCCC3)CC2=O)cc1. The van der Waals surface area contributed by atoms with E-state index in [0.717, 1.165) is 24.3 Å². The van der Waals surface area contributed by atoms with Crippen molar-refractivity contribution in [2.45, 2.75) is 64.5 Å². The largest absolute Gasteiger partial charge is 0.491 e. The first-order valence-corrected chi connectivity index (χ1v) is 9.40. The van der Waals surface area contributed by atoms with Crippen LogP contribution in [0.25, 0.3) is 0 Å². The van der Waals surface area contributed by atoms with Crippen LogP contribution in [0.2, 0.25) is 0 Å². The second kappa shape index (κ2) is 7.89. The zero-order valence-corrected chi connectivity index (χ0v) is 15.2. The number of carbonyl (C=O) groups excluding carboxylic acids is 2. The molecule has 1 aliphatic heterocycles. The molecule has 0 unspecified atom stereocenters. The average molecular weight is 344 g/mol. The molecule has 1 N–H and O–H groups in total. The van der Waals surface area contributed by atoms with Crippen molar-refractivity contribution < 1.29 is 14.3 Å². The molecule has 1 aromatic rings. The van der Waals surface area contributed by atoms with E-state index in [4.69, 9.17) is 4.74 Å². The van der Waals surface area contributed by atoms with E-state index in [1.165, 1.54) is 19.3 Å². The summed E-state index contributed by atoms with van der Waals surface area (Å²) in [5.41, 5.74) is 0.828. The molecule has 1 aromatic carbocycles. The van der Waals surface area contributed by atoms with Crippen molar-refractivity contribution in [2.24, 2.45) is 5.92 Å². The van der Waals surface area contributed by atoms with Crippen molar-refractivity contribution >= 4 is 17.5 Å². The predicted octanol–water partition coefficient (Wildman–Crippen LogP) is 3.28. The van der Waals surface area contributed by atoms with E-state index in [-0.39, 0.29) is 29.9 Å². The van der Waals surface area contributed by atoms with Gasteiger partial charge in [0.05, 0.1) is 12.0 Å². The third-order valence-corrected chi connectivity index (χ3v) is 4.97. The average Bonchev–Trinajstić information content (AvgIpc) is 2.98. The van der Waals surface area contributed by atoms with Gasteiger partial charge in [-0.15, -0.1) is 0 Å². The Balaban J connectivity index is 1.58. The maximum absolute atomic E-state index is 12.5. The summed E-state index contributed by atoms with van der Waals surface area (Å²) in [5, 5.41) is 3.15. The molecule has 3 rings (SSSR count).